The number of nitrogens with zero attached hydrogens (tertiary/aromatic N) is 2. The molecule has 112 valence electrons. The Morgan fingerprint density at radius 1 is 1.25 bits per heavy atom. The maximum Gasteiger partial charge on any atom is 0.222 e. The topological polar surface area (TPSA) is 56.3 Å². The molecule has 2 heterocycles. The second-order valence-corrected chi connectivity index (χ2v) is 5.11. The Morgan fingerprint density at radius 2 is 2.05 bits per heavy atom. The van der Waals surface area contributed by atoms with Crippen molar-refractivity contribution < 1.29 is 9.47 Å². The van der Waals surface area contributed by atoms with Gasteiger partial charge in [0.25, 0.3) is 0 Å². The number of hydrogen-bond donors (Lipinski definition) is 1. The van der Waals surface area contributed by atoms with E-state index >= 15 is 0 Å². The number of hydrogen-bond acceptors (Lipinski definition) is 5. The molecule has 0 unspecified atom stereocenters. The number of nitrogens with one attached hydrogen (secondary N) is 1. The van der Waals surface area contributed by atoms with Crippen LogP contribution in [-0.2, 0) is 11.2 Å². The van der Waals surface area contributed by atoms with Gasteiger partial charge in [-0.15, -0.1) is 0 Å². The van der Waals surface area contributed by atoms with Crippen molar-refractivity contribution in [1.29, 1.82) is 0 Å². The predicted molar refractivity (Wildman–Crippen MR) is 79.3 cm³/mol. The summed E-state index contributed by atoms with van der Waals surface area (Å²) in [7, 11) is 0. The Balaban J connectivity index is 2.12. The molecule has 1 fully saturated rings. The molecule has 5 heteroatoms. The second-order valence-electron chi connectivity index (χ2n) is 5.11. The molecule has 0 radical (unpaired) electrons. The van der Waals surface area contributed by atoms with Gasteiger partial charge in [0.1, 0.15) is 18.2 Å². The normalized spacial score (nSPS) is 16.1. The highest BCUT2D eigenvalue weighted by Gasteiger charge is 2.19. The third-order valence-electron chi connectivity index (χ3n) is 3.39. The molecule has 1 saturated heterocycles. The van der Waals surface area contributed by atoms with Crippen molar-refractivity contribution in [3.63, 3.8) is 0 Å². The van der Waals surface area contributed by atoms with Crippen LogP contribution in [0, 0.1) is 0 Å². The van der Waals surface area contributed by atoms with Crippen LogP contribution in [0.15, 0.2) is 6.33 Å². The van der Waals surface area contributed by atoms with Gasteiger partial charge in [-0.1, -0.05) is 20.3 Å². The minimum absolute atomic E-state index is 0.216. The molecule has 0 bridgehead atoms. The van der Waals surface area contributed by atoms with E-state index in [4.69, 9.17) is 9.47 Å². The number of aromatic nitrogens is 2. The Kier molecular flexibility index (Phi) is 6.05. The molecule has 1 aliphatic rings. The molecule has 0 aromatic carbocycles. The number of rotatable bonds is 7. The summed E-state index contributed by atoms with van der Waals surface area (Å²) < 4.78 is 11.5. The average Bonchev–Trinajstić information content (AvgIpc) is 2.49. The Morgan fingerprint density at radius 3 is 2.75 bits per heavy atom. The number of anilines is 1. The quantitative estimate of drug-likeness (QED) is 0.831. The minimum Gasteiger partial charge on any atom is -0.474 e. The minimum atomic E-state index is 0.216. The fourth-order valence-electron chi connectivity index (χ4n) is 2.32. The molecule has 1 N–H and O–H groups in total. The molecule has 2 rings (SSSR count). The van der Waals surface area contributed by atoms with Crippen molar-refractivity contribution in [2.75, 3.05) is 25.1 Å². The van der Waals surface area contributed by atoms with E-state index in [1.807, 2.05) is 0 Å². The van der Waals surface area contributed by atoms with E-state index < -0.39 is 0 Å². The van der Waals surface area contributed by atoms with E-state index in [9.17, 15) is 0 Å². The SMILES string of the molecule is CCCNc1ncnc(OC2CCOCC2)c1CCC. The molecule has 0 spiro atoms. The van der Waals surface area contributed by atoms with Gasteiger partial charge in [-0.05, 0) is 12.8 Å². The third-order valence-corrected chi connectivity index (χ3v) is 3.39. The van der Waals surface area contributed by atoms with Crippen LogP contribution in [0.3, 0.4) is 0 Å². The second kappa shape index (κ2) is 8.04. The van der Waals surface area contributed by atoms with Crippen LogP contribution >= 0.6 is 0 Å². The smallest absolute Gasteiger partial charge is 0.222 e. The highest BCUT2D eigenvalue weighted by atomic mass is 16.5. The highest BCUT2D eigenvalue weighted by Crippen LogP contribution is 2.26. The predicted octanol–water partition coefficient (Wildman–Crippen LogP) is 2.81. The average molecular weight is 279 g/mol. The van der Waals surface area contributed by atoms with Crippen LogP contribution in [0.2, 0.25) is 0 Å². The molecule has 0 saturated carbocycles. The van der Waals surface area contributed by atoms with Crippen LogP contribution in [0.1, 0.15) is 45.1 Å². The van der Waals surface area contributed by atoms with Crippen molar-refractivity contribution in [2.45, 2.75) is 52.1 Å². The van der Waals surface area contributed by atoms with E-state index in [-0.39, 0.29) is 6.10 Å². The summed E-state index contributed by atoms with van der Waals surface area (Å²) in [4.78, 5) is 8.71. The van der Waals surface area contributed by atoms with Gasteiger partial charge in [-0.2, -0.15) is 0 Å². The maximum atomic E-state index is 6.09. The van der Waals surface area contributed by atoms with E-state index in [1.165, 1.54) is 0 Å². The van der Waals surface area contributed by atoms with Crippen LogP contribution in [0.4, 0.5) is 5.82 Å². The molecular weight excluding hydrogens is 254 g/mol. The van der Waals surface area contributed by atoms with Crippen LogP contribution < -0.4 is 10.1 Å². The summed E-state index contributed by atoms with van der Waals surface area (Å²) in [6.07, 6.45) is 6.75. The zero-order valence-electron chi connectivity index (χ0n) is 12.5. The van der Waals surface area contributed by atoms with Gasteiger partial charge in [0.15, 0.2) is 0 Å². The van der Waals surface area contributed by atoms with Gasteiger partial charge in [0.2, 0.25) is 5.88 Å². The first kappa shape index (κ1) is 15.0. The highest BCUT2D eigenvalue weighted by molar-refractivity contribution is 5.48. The van der Waals surface area contributed by atoms with Crippen LogP contribution in [0.25, 0.3) is 0 Å². The Bertz CT molecular complexity index is 406. The summed E-state index contributed by atoms with van der Waals surface area (Å²) in [5.74, 6) is 1.66. The van der Waals surface area contributed by atoms with Crippen molar-refractivity contribution >= 4 is 5.82 Å². The fourth-order valence-corrected chi connectivity index (χ4v) is 2.32. The first-order chi connectivity index (χ1) is 9.85. The summed E-state index contributed by atoms with van der Waals surface area (Å²) in [5.41, 5.74) is 1.11. The van der Waals surface area contributed by atoms with Gasteiger partial charge in [-0.3, -0.25) is 0 Å². The van der Waals surface area contributed by atoms with Crippen molar-refractivity contribution in [3.05, 3.63) is 11.9 Å². The summed E-state index contributed by atoms with van der Waals surface area (Å²) in [6, 6.07) is 0. The molecule has 1 aliphatic heterocycles. The fraction of sp³-hybridized carbons (Fsp3) is 0.733. The number of ether oxygens (including phenoxy) is 2. The monoisotopic (exact) mass is 279 g/mol. The van der Waals surface area contributed by atoms with Gasteiger partial charge < -0.3 is 14.8 Å². The lowest BCUT2D eigenvalue weighted by atomic mass is 10.1. The first-order valence-electron chi connectivity index (χ1n) is 7.67. The lowest BCUT2D eigenvalue weighted by Crippen LogP contribution is -2.27. The van der Waals surface area contributed by atoms with Gasteiger partial charge in [0.05, 0.1) is 18.8 Å². The molecule has 1 aromatic rings. The first-order valence-corrected chi connectivity index (χ1v) is 7.67. The van der Waals surface area contributed by atoms with Crippen LogP contribution in [0.5, 0.6) is 5.88 Å². The molecule has 0 aliphatic carbocycles. The largest absolute Gasteiger partial charge is 0.474 e. The summed E-state index contributed by atoms with van der Waals surface area (Å²) >= 11 is 0. The molecule has 20 heavy (non-hydrogen) atoms. The molecule has 5 nitrogen and oxygen atoms in total. The maximum absolute atomic E-state index is 6.09. The Labute approximate surface area is 121 Å². The van der Waals surface area contributed by atoms with Crippen molar-refractivity contribution in [1.82, 2.24) is 9.97 Å². The van der Waals surface area contributed by atoms with Gasteiger partial charge in [-0.25, -0.2) is 9.97 Å². The lowest BCUT2D eigenvalue weighted by molar-refractivity contribution is 0.0233. The molecule has 1 aromatic heterocycles. The van der Waals surface area contributed by atoms with Crippen molar-refractivity contribution in [2.24, 2.45) is 0 Å². The molecule has 0 amide bonds. The lowest BCUT2D eigenvalue weighted by Gasteiger charge is -2.24. The standard InChI is InChI=1S/C15H25N3O2/c1-3-5-13-14(16-8-4-2)17-11-18-15(13)20-12-6-9-19-10-7-12/h11-12H,3-10H2,1-2H3,(H,16,17,18). The Hall–Kier alpha value is -1.36. The summed E-state index contributed by atoms with van der Waals surface area (Å²) in [5, 5.41) is 3.37. The molecule has 0 atom stereocenters. The van der Waals surface area contributed by atoms with E-state index in [2.05, 4.69) is 29.1 Å². The zero-order chi connectivity index (χ0) is 14.2. The van der Waals surface area contributed by atoms with Gasteiger partial charge >= 0.3 is 0 Å². The van der Waals surface area contributed by atoms with Gasteiger partial charge in [0, 0.05) is 19.4 Å². The van der Waals surface area contributed by atoms with E-state index in [1.54, 1.807) is 6.33 Å². The zero-order valence-corrected chi connectivity index (χ0v) is 12.5. The van der Waals surface area contributed by atoms with Crippen LogP contribution in [-0.4, -0.2) is 35.8 Å². The summed E-state index contributed by atoms with van der Waals surface area (Å²) in [6.45, 7) is 6.78. The molecular formula is C15H25N3O2. The van der Waals surface area contributed by atoms with E-state index in [0.29, 0.717) is 0 Å². The third kappa shape index (κ3) is 4.07. The van der Waals surface area contributed by atoms with Crippen molar-refractivity contribution in [3.8, 4) is 5.88 Å². The van der Waals surface area contributed by atoms with E-state index in [0.717, 1.165) is 69.1 Å².